The van der Waals surface area contributed by atoms with E-state index in [1.807, 2.05) is 19.1 Å². The van der Waals surface area contributed by atoms with Crippen molar-refractivity contribution < 1.29 is 4.79 Å². The molecule has 0 saturated heterocycles. The number of amides is 1. The summed E-state index contributed by atoms with van der Waals surface area (Å²) >= 11 is 1.32. The maximum absolute atomic E-state index is 12.0. The lowest BCUT2D eigenvalue weighted by molar-refractivity contribution is -0.119. The van der Waals surface area contributed by atoms with E-state index in [1.54, 1.807) is 11.6 Å². The fourth-order valence-electron chi connectivity index (χ4n) is 2.12. The predicted octanol–water partition coefficient (Wildman–Crippen LogP) is 1.55. The van der Waals surface area contributed by atoms with Gasteiger partial charge in [-0.3, -0.25) is 9.36 Å². The second kappa shape index (κ2) is 7.31. The highest BCUT2D eigenvalue weighted by molar-refractivity contribution is 7.99. The molecule has 0 radical (unpaired) electrons. The maximum atomic E-state index is 12.0. The van der Waals surface area contributed by atoms with Crippen LogP contribution in [0.25, 0.3) is 0 Å². The molecule has 0 fully saturated rings. The Bertz CT molecular complexity index is 655. The van der Waals surface area contributed by atoms with E-state index in [1.165, 1.54) is 22.9 Å². The van der Waals surface area contributed by atoms with Gasteiger partial charge in [-0.25, -0.2) is 0 Å². The average Bonchev–Trinajstić information content (AvgIpc) is 2.79. The summed E-state index contributed by atoms with van der Waals surface area (Å²) in [6, 6.07) is 8.29. The number of carbonyl (C=O) groups excluding carboxylic acids is 1. The van der Waals surface area contributed by atoms with Gasteiger partial charge in [-0.2, -0.15) is 0 Å². The third-order valence-corrected chi connectivity index (χ3v) is 4.42. The van der Waals surface area contributed by atoms with E-state index >= 15 is 0 Å². The van der Waals surface area contributed by atoms with Gasteiger partial charge in [-0.05, 0) is 31.4 Å². The van der Waals surface area contributed by atoms with Crippen LogP contribution in [0.1, 0.15) is 18.1 Å². The summed E-state index contributed by atoms with van der Waals surface area (Å²) < 4.78 is 1.66. The fourth-order valence-corrected chi connectivity index (χ4v) is 2.85. The number of thioether (sulfide) groups is 1. The molecule has 118 valence electrons. The van der Waals surface area contributed by atoms with E-state index in [9.17, 15) is 4.79 Å². The Labute approximate surface area is 134 Å². The van der Waals surface area contributed by atoms with Gasteiger partial charge in [0.25, 0.3) is 0 Å². The lowest BCUT2D eigenvalue weighted by Gasteiger charge is -2.15. The summed E-state index contributed by atoms with van der Waals surface area (Å²) in [4.78, 5) is 12.0. The van der Waals surface area contributed by atoms with E-state index in [0.29, 0.717) is 16.9 Å². The molecule has 0 aliphatic rings. The molecule has 6 nitrogen and oxygen atoms in total. The third kappa shape index (κ3) is 4.24. The van der Waals surface area contributed by atoms with Gasteiger partial charge < -0.3 is 11.1 Å². The van der Waals surface area contributed by atoms with E-state index in [0.717, 1.165) is 6.42 Å². The number of nitrogens with one attached hydrogen (secondary N) is 1. The van der Waals surface area contributed by atoms with Crippen molar-refractivity contribution in [3.05, 3.63) is 35.4 Å². The van der Waals surface area contributed by atoms with Crippen LogP contribution in [0.5, 0.6) is 0 Å². The second-order valence-corrected chi connectivity index (χ2v) is 6.23. The molecule has 0 aliphatic heterocycles. The molecule has 3 N–H and O–H groups in total. The molecule has 1 aromatic heterocycles. The van der Waals surface area contributed by atoms with Gasteiger partial charge in [-0.15, -0.1) is 10.2 Å². The van der Waals surface area contributed by atoms with E-state index < -0.39 is 0 Å². The van der Waals surface area contributed by atoms with Gasteiger partial charge in [0.15, 0.2) is 5.16 Å². The topological polar surface area (TPSA) is 85.8 Å². The first kappa shape index (κ1) is 16.4. The van der Waals surface area contributed by atoms with E-state index in [4.69, 9.17) is 5.73 Å². The van der Waals surface area contributed by atoms with Crippen LogP contribution in [-0.2, 0) is 18.3 Å². The number of rotatable bonds is 6. The van der Waals surface area contributed by atoms with Crippen LogP contribution in [0.4, 0.5) is 5.95 Å². The van der Waals surface area contributed by atoms with Crippen LogP contribution in [-0.4, -0.2) is 32.5 Å². The SMILES string of the molecule is Cc1ccccc1CC(C)NC(=O)CSc1nnc(N)n1C. The molecule has 1 amide bonds. The number of carbonyl (C=O) groups is 1. The van der Waals surface area contributed by atoms with Gasteiger partial charge in [0.1, 0.15) is 0 Å². The highest BCUT2D eigenvalue weighted by atomic mass is 32.2. The zero-order valence-corrected chi connectivity index (χ0v) is 13.9. The molecular weight excluding hydrogens is 298 g/mol. The Balaban J connectivity index is 1.81. The van der Waals surface area contributed by atoms with Crippen LogP contribution < -0.4 is 11.1 Å². The van der Waals surface area contributed by atoms with E-state index in [2.05, 4.69) is 34.6 Å². The molecule has 1 heterocycles. The van der Waals surface area contributed by atoms with E-state index in [-0.39, 0.29) is 11.9 Å². The predicted molar refractivity (Wildman–Crippen MR) is 88.6 cm³/mol. The Morgan fingerprint density at radius 2 is 2.14 bits per heavy atom. The van der Waals surface area contributed by atoms with Crippen molar-refractivity contribution in [2.75, 3.05) is 11.5 Å². The van der Waals surface area contributed by atoms with Crippen molar-refractivity contribution >= 4 is 23.6 Å². The summed E-state index contributed by atoms with van der Waals surface area (Å²) in [5.74, 6) is 0.618. The number of hydrogen-bond donors (Lipinski definition) is 2. The number of anilines is 1. The fraction of sp³-hybridized carbons (Fsp3) is 0.400. The first-order valence-electron chi connectivity index (χ1n) is 7.09. The van der Waals surface area contributed by atoms with Crippen molar-refractivity contribution in [3.8, 4) is 0 Å². The Hall–Kier alpha value is -2.02. The average molecular weight is 319 g/mol. The summed E-state index contributed by atoms with van der Waals surface area (Å²) in [6.45, 7) is 4.09. The van der Waals surface area contributed by atoms with Gasteiger partial charge in [0.05, 0.1) is 5.75 Å². The van der Waals surface area contributed by atoms with Crippen LogP contribution in [0.15, 0.2) is 29.4 Å². The number of hydrogen-bond acceptors (Lipinski definition) is 5. The number of nitrogens with zero attached hydrogens (tertiary/aromatic N) is 3. The Morgan fingerprint density at radius 3 is 2.77 bits per heavy atom. The standard InChI is InChI=1S/C15H21N5OS/c1-10-6-4-5-7-12(10)8-11(2)17-13(21)9-22-15-19-18-14(16)20(15)3/h4-7,11H,8-9H2,1-3H3,(H2,16,18)(H,17,21). The molecule has 7 heteroatoms. The Kier molecular flexibility index (Phi) is 5.43. The molecule has 2 aromatic rings. The number of aryl methyl sites for hydroxylation is 1. The minimum Gasteiger partial charge on any atom is -0.368 e. The number of benzene rings is 1. The van der Waals surface area contributed by atoms with Gasteiger partial charge in [-0.1, -0.05) is 36.0 Å². The van der Waals surface area contributed by atoms with Crippen LogP contribution in [0.3, 0.4) is 0 Å². The van der Waals surface area contributed by atoms with Gasteiger partial charge in [0.2, 0.25) is 11.9 Å². The third-order valence-electron chi connectivity index (χ3n) is 3.40. The minimum atomic E-state index is -0.0207. The first-order valence-corrected chi connectivity index (χ1v) is 8.07. The highest BCUT2D eigenvalue weighted by Gasteiger charge is 2.12. The van der Waals surface area contributed by atoms with Crippen molar-refractivity contribution in [1.29, 1.82) is 0 Å². The number of nitrogen functional groups attached to an aromatic ring is 1. The monoisotopic (exact) mass is 319 g/mol. The van der Waals surface area contributed by atoms with Crippen LogP contribution in [0.2, 0.25) is 0 Å². The molecule has 0 bridgehead atoms. The lowest BCUT2D eigenvalue weighted by Crippen LogP contribution is -2.35. The lowest BCUT2D eigenvalue weighted by atomic mass is 10.0. The smallest absolute Gasteiger partial charge is 0.230 e. The largest absolute Gasteiger partial charge is 0.368 e. The second-order valence-electron chi connectivity index (χ2n) is 5.29. The quantitative estimate of drug-likeness (QED) is 0.789. The van der Waals surface area contributed by atoms with Gasteiger partial charge in [0, 0.05) is 13.1 Å². The van der Waals surface area contributed by atoms with Crippen LogP contribution >= 0.6 is 11.8 Å². The zero-order valence-electron chi connectivity index (χ0n) is 13.0. The summed E-state index contributed by atoms with van der Waals surface area (Å²) in [5.41, 5.74) is 8.10. The number of nitrogens with two attached hydrogens (primary N) is 1. The van der Waals surface area contributed by atoms with Crippen molar-refractivity contribution in [2.24, 2.45) is 7.05 Å². The molecule has 0 aliphatic carbocycles. The van der Waals surface area contributed by atoms with Crippen LogP contribution in [0, 0.1) is 6.92 Å². The molecular formula is C15H21N5OS. The zero-order chi connectivity index (χ0) is 16.1. The molecule has 2 rings (SSSR count). The molecule has 1 atom stereocenters. The Morgan fingerprint density at radius 1 is 1.41 bits per heavy atom. The molecule has 0 spiro atoms. The molecule has 0 saturated carbocycles. The minimum absolute atomic E-state index is 0.0207. The number of aromatic nitrogens is 3. The summed E-state index contributed by atoms with van der Waals surface area (Å²) in [7, 11) is 1.77. The van der Waals surface area contributed by atoms with Crippen molar-refractivity contribution in [3.63, 3.8) is 0 Å². The van der Waals surface area contributed by atoms with Crippen molar-refractivity contribution in [1.82, 2.24) is 20.1 Å². The summed E-state index contributed by atoms with van der Waals surface area (Å²) in [6.07, 6.45) is 0.819. The first-order chi connectivity index (χ1) is 10.5. The highest BCUT2D eigenvalue weighted by Crippen LogP contribution is 2.16. The van der Waals surface area contributed by atoms with Crippen molar-refractivity contribution in [2.45, 2.75) is 31.5 Å². The molecule has 1 aromatic carbocycles. The summed E-state index contributed by atoms with van der Waals surface area (Å²) in [5, 5.41) is 11.3. The molecule has 22 heavy (non-hydrogen) atoms. The molecule has 1 unspecified atom stereocenters. The normalized spacial score (nSPS) is 12.1. The maximum Gasteiger partial charge on any atom is 0.230 e. The van der Waals surface area contributed by atoms with Gasteiger partial charge >= 0.3 is 0 Å².